The number of fused-ring (bicyclic) bond motifs is 1. The van der Waals surface area contributed by atoms with Gasteiger partial charge in [0.25, 0.3) is 0 Å². The van der Waals surface area contributed by atoms with Gasteiger partial charge in [-0.25, -0.2) is 14.3 Å². The van der Waals surface area contributed by atoms with Crippen molar-refractivity contribution in [3.05, 3.63) is 64.8 Å². The standard InChI is InChI=1S/C36H44F3N5O4S/c1-6-25-11-10-21(2)18-30(25)48-49(46)42-28-19-26(12-13-29(28)43-14-8-7-9-15-43)33-40-34-31(27(36(37,38)39)20-44(34)41-33)35(45)47-32-23(4)16-22(3)17-24(32)5/h10-13,18-20,22-24,32,42H,6-9,14-17H2,1-5H3,(H,40,41). The molecule has 3 unspecified atom stereocenters. The molecule has 3 atom stereocenters. The number of aryl methyl sites for hydroxylation is 2. The van der Waals surface area contributed by atoms with Gasteiger partial charge >= 0.3 is 23.4 Å². The number of nitrogens with zero attached hydrogens (tertiary/aromatic N) is 3. The second-order valence-electron chi connectivity index (χ2n) is 13.7. The van der Waals surface area contributed by atoms with Gasteiger partial charge in [-0.1, -0.05) is 39.8 Å². The highest BCUT2D eigenvalue weighted by atomic mass is 32.2. The Morgan fingerprint density at radius 3 is 2.45 bits per heavy atom. The van der Waals surface area contributed by atoms with Gasteiger partial charge in [0, 0.05) is 24.8 Å². The molecule has 1 saturated heterocycles. The van der Waals surface area contributed by atoms with E-state index in [9.17, 15) is 22.2 Å². The summed E-state index contributed by atoms with van der Waals surface area (Å²) < 4.78 is 71.9. The Kier molecular flexibility index (Phi) is 10.0. The molecule has 6 rings (SSSR count). The predicted octanol–water partition coefficient (Wildman–Crippen LogP) is 8.51. The SMILES string of the molecule is CCc1ccc(C)cc1OS(=O)Nc1cc(-c2nc3c(C(=O)OC4C(C)CC(C)CC4C)c(C(F)(F)F)cn3[nH]2)ccc1N1CCCCC1. The van der Waals surface area contributed by atoms with Crippen LogP contribution in [0.3, 0.4) is 0 Å². The van der Waals surface area contributed by atoms with Gasteiger partial charge in [0.05, 0.1) is 16.9 Å². The van der Waals surface area contributed by atoms with E-state index in [4.69, 9.17) is 8.92 Å². The molecule has 1 aliphatic heterocycles. The van der Waals surface area contributed by atoms with Crippen molar-refractivity contribution in [2.75, 3.05) is 22.7 Å². The summed E-state index contributed by atoms with van der Waals surface area (Å²) in [4.78, 5) is 20.2. The molecule has 13 heteroatoms. The normalized spacial score (nSPS) is 22.2. The Labute approximate surface area is 287 Å². The van der Waals surface area contributed by atoms with Crippen LogP contribution in [-0.4, -0.2) is 44.0 Å². The summed E-state index contributed by atoms with van der Waals surface area (Å²) >= 11 is -1.96. The van der Waals surface area contributed by atoms with Crippen molar-refractivity contribution < 1.29 is 31.1 Å². The van der Waals surface area contributed by atoms with Gasteiger partial charge in [0.15, 0.2) is 11.5 Å². The number of nitrogens with one attached hydrogen (secondary N) is 2. The maximum atomic E-state index is 14.2. The maximum Gasteiger partial charge on any atom is 0.418 e. The van der Waals surface area contributed by atoms with E-state index >= 15 is 0 Å². The average Bonchev–Trinajstić information content (AvgIpc) is 3.62. The van der Waals surface area contributed by atoms with Crippen molar-refractivity contribution >= 4 is 34.3 Å². The minimum absolute atomic E-state index is 0.0169. The molecule has 2 aromatic heterocycles. The molecule has 0 bridgehead atoms. The van der Waals surface area contributed by atoms with Gasteiger partial charge in [-0.15, -0.1) is 0 Å². The number of ether oxygens (including phenoxy) is 1. The molecule has 2 N–H and O–H groups in total. The highest BCUT2D eigenvalue weighted by Crippen LogP contribution is 2.40. The van der Waals surface area contributed by atoms with Crippen LogP contribution in [0.2, 0.25) is 0 Å². The fourth-order valence-electron chi connectivity index (χ4n) is 7.49. The smallest absolute Gasteiger partial charge is 0.418 e. The average molecular weight is 700 g/mol. The quantitative estimate of drug-likeness (QED) is 0.170. The first kappa shape index (κ1) is 34.8. The molecule has 1 aliphatic carbocycles. The number of aromatic nitrogens is 3. The fourth-order valence-corrected chi connectivity index (χ4v) is 8.19. The Morgan fingerprint density at radius 1 is 1.06 bits per heavy atom. The van der Waals surface area contributed by atoms with Crippen LogP contribution in [0.25, 0.3) is 17.0 Å². The number of piperidine rings is 1. The number of hydrogen-bond donors (Lipinski definition) is 2. The lowest BCUT2D eigenvalue weighted by Gasteiger charge is -2.37. The Balaban J connectivity index is 1.34. The van der Waals surface area contributed by atoms with Gasteiger partial charge in [-0.3, -0.25) is 9.82 Å². The lowest BCUT2D eigenvalue weighted by Crippen LogP contribution is -2.37. The van der Waals surface area contributed by atoms with E-state index in [0.29, 0.717) is 29.3 Å². The predicted molar refractivity (Wildman–Crippen MR) is 185 cm³/mol. The van der Waals surface area contributed by atoms with Gasteiger partial charge in [0.2, 0.25) is 0 Å². The molecular formula is C36H44F3N5O4S. The number of anilines is 2. The van der Waals surface area contributed by atoms with Gasteiger partial charge < -0.3 is 13.8 Å². The summed E-state index contributed by atoms with van der Waals surface area (Å²) in [5, 5.41) is 2.92. The number of halogens is 3. The lowest BCUT2D eigenvalue weighted by molar-refractivity contribution is -0.138. The summed E-state index contributed by atoms with van der Waals surface area (Å²) in [5.74, 6) is 0.201. The summed E-state index contributed by atoms with van der Waals surface area (Å²) in [6.45, 7) is 11.7. The van der Waals surface area contributed by atoms with Crippen molar-refractivity contribution in [3.63, 3.8) is 0 Å². The number of rotatable bonds is 9. The number of hydrogen-bond acceptors (Lipinski definition) is 6. The first-order chi connectivity index (χ1) is 23.3. The third-order valence-electron chi connectivity index (χ3n) is 9.78. The van der Waals surface area contributed by atoms with Crippen molar-refractivity contribution in [1.82, 2.24) is 14.6 Å². The molecule has 49 heavy (non-hydrogen) atoms. The van der Waals surface area contributed by atoms with E-state index in [2.05, 4.69) is 26.6 Å². The highest BCUT2D eigenvalue weighted by Gasteiger charge is 2.42. The summed E-state index contributed by atoms with van der Waals surface area (Å²) in [6, 6.07) is 11.2. The minimum atomic E-state index is -4.80. The zero-order valence-electron chi connectivity index (χ0n) is 28.5. The monoisotopic (exact) mass is 699 g/mol. The molecule has 1 saturated carbocycles. The third-order valence-corrected chi connectivity index (χ3v) is 10.5. The van der Waals surface area contributed by atoms with Gasteiger partial charge in [0.1, 0.15) is 17.4 Å². The van der Waals surface area contributed by atoms with Crippen LogP contribution in [0.4, 0.5) is 24.5 Å². The number of alkyl halides is 3. The number of benzene rings is 2. The minimum Gasteiger partial charge on any atom is -0.458 e. The van der Waals surface area contributed by atoms with Crippen molar-refractivity contribution in [2.24, 2.45) is 17.8 Å². The molecule has 4 aromatic rings. The molecule has 264 valence electrons. The Bertz CT molecular complexity index is 1840. The molecule has 3 heterocycles. The van der Waals surface area contributed by atoms with E-state index in [1.165, 1.54) is 0 Å². The first-order valence-electron chi connectivity index (χ1n) is 17.1. The van der Waals surface area contributed by atoms with Gasteiger partial charge in [-0.2, -0.15) is 17.4 Å². The van der Waals surface area contributed by atoms with Crippen molar-refractivity contribution in [1.29, 1.82) is 0 Å². The summed E-state index contributed by atoms with van der Waals surface area (Å²) in [7, 11) is 0. The first-order valence-corrected chi connectivity index (χ1v) is 18.1. The molecule has 0 radical (unpaired) electrons. The third kappa shape index (κ3) is 7.46. The molecule has 0 spiro atoms. The molecule has 2 aromatic carbocycles. The zero-order valence-corrected chi connectivity index (χ0v) is 29.3. The second-order valence-corrected chi connectivity index (χ2v) is 14.6. The second kappa shape index (κ2) is 14.1. The molecule has 2 fully saturated rings. The van der Waals surface area contributed by atoms with Crippen LogP contribution in [-0.2, 0) is 28.6 Å². The van der Waals surface area contributed by atoms with Crippen LogP contribution < -0.4 is 13.8 Å². The topological polar surface area (TPSA) is 101 Å². The number of esters is 1. The Hall–Kier alpha value is -4.00. The lowest BCUT2D eigenvalue weighted by atomic mass is 9.75. The van der Waals surface area contributed by atoms with Crippen LogP contribution >= 0.6 is 0 Å². The number of aromatic amines is 1. The molecular weight excluding hydrogens is 655 g/mol. The highest BCUT2D eigenvalue weighted by molar-refractivity contribution is 7.82. The van der Waals surface area contributed by atoms with E-state index in [1.54, 1.807) is 6.07 Å². The number of carbonyl (C=O) groups is 1. The van der Waals surface area contributed by atoms with Crippen molar-refractivity contribution in [3.8, 4) is 17.1 Å². The number of carbonyl (C=O) groups excluding carboxylic acids is 1. The summed E-state index contributed by atoms with van der Waals surface area (Å²) in [5.41, 5.74) is 1.87. The summed E-state index contributed by atoms with van der Waals surface area (Å²) in [6.07, 6.45) is 1.08. The van der Waals surface area contributed by atoms with Crippen LogP contribution in [0.15, 0.2) is 42.6 Å². The Morgan fingerprint density at radius 2 is 1.78 bits per heavy atom. The van der Waals surface area contributed by atoms with E-state index in [0.717, 1.165) is 72.7 Å². The largest absolute Gasteiger partial charge is 0.458 e. The van der Waals surface area contributed by atoms with Crippen LogP contribution in [0.1, 0.15) is 86.8 Å². The van der Waals surface area contributed by atoms with Crippen LogP contribution in [0, 0.1) is 24.7 Å². The van der Waals surface area contributed by atoms with E-state index < -0.39 is 40.6 Å². The fraction of sp³-hybridized carbons (Fsp3) is 0.500. The van der Waals surface area contributed by atoms with Crippen LogP contribution in [0.5, 0.6) is 5.75 Å². The molecule has 9 nitrogen and oxygen atoms in total. The van der Waals surface area contributed by atoms with Gasteiger partial charge in [-0.05, 0) is 98.6 Å². The number of H-pyrrole nitrogens is 1. The molecule has 2 aliphatic rings. The zero-order chi connectivity index (χ0) is 35.0. The van der Waals surface area contributed by atoms with E-state index in [-0.39, 0.29) is 23.3 Å². The van der Waals surface area contributed by atoms with Crippen molar-refractivity contribution in [2.45, 2.75) is 85.4 Å². The van der Waals surface area contributed by atoms with E-state index in [1.807, 2.05) is 58.0 Å². The molecule has 0 amide bonds. The maximum absolute atomic E-state index is 14.2.